The molecule has 0 spiro atoms. The van der Waals surface area contributed by atoms with Crippen molar-refractivity contribution in [1.29, 1.82) is 0 Å². The number of benzene rings is 2. The van der Waals surface area contributed by atoms with Gasteiger partial charge in [-0.25, -0.2) is 0 Å². The minimum absolute atomic E-state index is 0.219. The van der Waals surface area contributed by atoms with Crippen LogP contribution in [0.25, 0.3) is 0 Å². The molecule has 2 nitrogen and oxygen atoms in total. The topological polar surface area (TPSA) is 12.5 Å². The molecular formula is C17H19NO. The first-order valence-corrected chi connectivity index (χ1v) is 6.83. The molecule has 2 aromatic carbocycles. The van der Waals surface area contributed by atoms with E-state index in [9.17, 15) is 0 Å². The van der Waals surface area contributed by atoms with E-state index >= 15 is 0 Å². The van der Waals surface area contributed by atoms with Crippen LogP contribution in [-0.4, -0.2) is 12.8 Å². The molecule has 0 bridgehead atoms. The molecule has 1 aliphatic heterocycles. The highest BCUT2D eigenvalue weighted by molar-refractivity contribution is 5.47. The predicted molar refractivity (Wildman–Crippen MR) is 78.1 cm³/mol. The van der Waals surface area contributed by atoms with Crippen LogP contribution in [0, 0.1) is 0 Å². The molecule has 3 rings (SSSR count). The number of hydrogen-bond donors (Lipinski definition) is 0. The van der Waals surface area contributed by atoms with Gasteiger partial charge in [0.1, 0.15) is 6.73 Å². The Morgan fingerprint density at radius 1 is 0.947 bits per heavy atom. The van der Waals surface area contributed by atoms with E-state index in [0.29, 0.717) is 12.8 Å². The van der Waals surface area contributed by atoms with Gasteiger partial charge in [0.15, 0.2) is 0 Å². The molecule has 2 atom stereocenters. The summed E-state index contributed by atoms with van der Waals surface area (Å²) < 4.78 is 6.03. The quantitative estimate of drug-likeness (QED) is 0.802. The standard InChI is InChI=1S/C17H19NO/c1-14-12-17(15-8-4-2-5-9-15)19-13-18(14)16-10-6-3-7-11-16/h2-11,14,17H,12-13H2,1H3/t14-,17+/m1/s1. The average Bonchev–Trinajstić information content (AvgIpc) is 2.49. The van der Waals surface area contributed by atoms with Gasteiger partial charge in [0.2, 0.25) is 0 Å². The zero-order valence-electron chi connectivity index (χ0n) is 11.2. The van der Waals surface area contributed by atoms with Gasteiger partial charge in [0, 0.05) is 11.7 Å². The number of para-hydroxylation sites is 1. The summed E-state index contributed by atoms with van der Waals surface area (Å²) in [6.07, 6.45) is 1.25. The van der Waals surface area contributed by atoms with Crippen molar-refractivity contribution in [2.24, 2.45) is 0 Å². The fraction of sp³-hybridized carbons (Fsp3) is 0.294. The molecule has 0 aliphatic carbocycles. The minimum atomic E-state index is 0.219. The van der Waals surface area contributed by atoms with Crippen LogP contribution in [0.3, 0.4) is 0 Å². The zero-order valence-corrected chi connectivity index (χ0v) is 11.2. The first-order valence-electron chi connectivity index (χ1n) is 6.83. The number of hydrogen-bond acceptors (Lipinski definition) is 2. The third-order valence-electron chi connectivity index (χ3n) is 3.76. The van der Waals surface area contributed by atoms with Gasteiger partial charge in [-0.1, -0.05) is 48.5 Å². The van der Waals surface area contributed by atoms with Crippen molar-refractivity contribution in [2.45, 2.75) is 25.5 Å². The molecule has 0 N–H and O–H groups in total. The predicted octanol–water partition coefficient (Wildman–Crippen LogP) is 4.00. The summed E-state index contributed by atoms with van der Waals surface area (Å²) in [5, 5.41) is 0. The van der Waals surface area contributed by atoms with Crippen LogP contribution in [0.5, 0.6) is 0 Å². The lowest BCUT2D eigenvalue weighted by molar-refractivity contribution is 0.0104. The van der Waals surface area contributed by atoms with E-state index in [-0.39, 0.29) is 6.10 Å². The van der Waals surface area contributed by atoms with Gasteiger partial charge in [-0.2, -0.15) is 0 Å². The average molecular weight is 253 g/mol. The number of rotatable bonds is 2. The summed E-state index contributed by atoms with van der Waals surface area (Å²) in [6.45, 7) is 2.93. The molecule has 1 heterocycles. The largest absolute Gasteiger partial charge is 0.353 e. The molecule has 0 aromatic heterocycles. The first-order chi connectivity index (χ1) is 9.34. The summed E-state index contributed by atoms with van der Waals surface area (Å²) in [7, 11) is 0. The van der Waals surface area contributed by atoms with Gasteiger partial charge in [-0.3, -0.25) is 0 Å². The monoisotopic (exact) mass is 253 g/mol. The van der Waals surface area contributed by atoms with E-state index in [2.05, 4.69) is 60.4 Å². The molecule has 1 saturated heterocycles. The van der Waals surface area contributed by atoms with Crippen LogP contribution in [0.4, 0.5) is 5.69 Å². The number of anilines is 1. The molecular weight excluding hydrogens is 234 g/mol. The highest BCUT2D eigenvalue weighted by Crippen LogP contribution is 2.31. The van der Waals surface area contributed by atoms with Crippen LogP contribution in [0.1, 0.15) is 25.0 Å². The molecule has 2 heteroatoms. The van der Waals surface area contributed by atoms with Crippen molar-refractivity contribution < 1.29 is 4.74 Å². The summed E-state index contributed by atoms with van der Waals surface area (Å²) in [5.74, 6) is 0. The Kier molecular flexibility index (Phi) is 3.51. The normalized spacial score (nSPS) is 23.3. The van der Waals surface area contributed by atoms with Crippen LogP contribution in [0.15, 0.2) is 60.7 Å². The van der Waals surface area contributed by atoms with E-state index in [0.717, 1.165) is 6.42 Å². The third-order valence-corrected chi connectivity index (χ3v) is 3.76. The summed E-state index contributed by atoms with van der Waals surface area (Å²) >= 11 is 0. The Balaban J connectivity index is 1.73. The highest BCUT2D eigenvalue weighted by atomic mass is 16.5. The molecule has 1 fully saturated rings. The lowest BCUT2D eigenvalue weighted by Gasteiger charge is -2.39. The van der Waals surface area contributed by atoms with E-state index in [4.69, 9.17) is 4.74 Å². The van der Waals surface area contributed by atoms with Gasteiger partial charge < -0.3 is 9.64 Å². The Bertz CT molecular complexity index is 511. The Morgan fingerprint density at radius 2 is 1.58 bits per heavy atom. The second-order valence-electron chi connectivity index (χ2n) is 5.09. The van der Waals surface area contributed by atoms with E-state index in [1.54, 1.807) is 0 Å². The molecule has 0 saturated carbocycles. The van der Waals surface area contributed by atoms with Crippen LogP contribution >= 0.6 is 0 Å². The van der Waals surface area contributed by atoms with Crippen molar-refractivity contribution in [3.8, 4) is 0 Å². The Hall–Kier alpha value is -1.80. The summed E-state index contributed by atoms with van der Waals surface area (Å²) in [4.78, 5) is 2.32. The van der Waals surface area contributed by atoms with Crippen molar-refractivity contribution in [3.05, 3.63) is 66.2 Å². The molecule has 19 heavy (non-hydrogen) atoms. The lowest BCUT2D eigenvalue weighted by Crippen LogP contribution is -2.41. The maximum atomic E-state index is 6.03. The zero-order chi connectivity index (χ0) is 13.1. The fourth-order valence-electron chi connectivity index (χ4n) is 2.65. The maximum absolute atomic E-state index is 6.03. The van der Waals surface area contributed by atoms with Gasteiger partial charge in [0.05, 0.1) is 6.10 Å². The van der Waals surface area contributed by atoms with Gasteiger partial charge >= 0.3 is 0 Å². The Labute approximate surface area is 114 Å². The fourth-order valence-corrected chi connectivity index (χ4v) is 2.65. The van der Waals surface area contributed by atoms with E-state index in [1.165, 1.54) is 11.3 Å². The van der Waals surface area contributed by atoms with Crippen LogP contribution in [0.2, 0.25) is 0 Å². The molecule has 1 aliphatic rings. The van der Waals surface area contributed by atoms with E-state index in [1.807, 2.05) is 12.1 Å². The lowest BCUT2D eigenvalue weighted by atomic mass is 10.0. The van der Waals surface area contributed by atoms with Crippen molar-refractivity contribution in [1.82, 2.24) is 0 Å². The van der Waals surface area contributed by atoms with Gasteiger partial charge in [-0.15, -0.1) is 0 Å². The highest BCUT2D eigenvalue weighted by Gasteiger charge is 2.26. The van der Waals surface area contributed by atoms with Gasteiger partial charge in [-0.05, 0) is 31.0 Å². The van der Waals surface area contributed by atoms with E-state index < -0.39 is 0 Å². The molecule has 2 aromatic rings. The molecule has 98 valence electrons. The smallest absolute Gasteiger partial charge is 0.120 e. The first kappa shape index (κ1) is 12.2. The second-order valence-corrected chi connectivity index (χ2v) is 5.09. The van der Waals surface area contributed by atoms with Crippen LogP contribution < -0.4 is 4.90 Å². The SMILES string of the molecule is C[C@@H]1C[C@@H](c2ccccc2)OCN1c1ccccc1. The molecule has 0 unspecified atom stereocenters. The minimum Gasteiger partial charge on any atom is -0.353 e. The molecule has 0 amide bonds. The van der Waals surface area contributed by atoms with Crippen LogP contribution in [-0.2, 0) is 4.74 Å². The second kappa shape index (κ2) is 5.45. The Morgan fingerprint density at radius 3 is 2.21 bits per heavy atom. The summed E-state index contributed by atoms with van der Waals surface area (Å²) in [6, 6.07) is 21.5. The maximum Gasteiger partial charge on any atom is 0.120 e. The van der Waals surface area contributed by atoms with Crippen molar-refractivity contribution >= 4 is 5.69 Å². The molecule has 0 radical (unpaired) electrons. The van der Waals surface area contributed by atoms with Gasteiger partial charge in [0.25, 0.3) is 0 Å². The van der Waals surface area contributed by atoms with Crippen molar-refractivity contribution in [3.63, 3.8) is 0 Å². The number of nitrogens with zero attached hydrogens (tertiary/aromatic N) is 1. The number of ether oxygens (including phenoxy) is 1. The summed E-state index contributed by atoms with van der Waals surface area (Å²) in [5.41, 5.74) is 2.52. The van der Waals surface area contributed by atoms with Crippen molar-refractivity contribution in [2.75, 3.05) is 11.6 Å². The third kappa shape index (κ3) is 2.64.